The molecular formula is C21H42O6. The van der Waals surface area contributed by atoms with Gasteiger partial charge >= 0.3 is 0 Å². The number of hydrogen-bond donors (Lipinski definition) is 0. The molecule has 0 aromatic heterocycles. The summed E-state index contributed by atoms with van der Waals surface area (Å²) >= 11 is 0. The molecule has 0 amide bonds. The van der Waals surface area contributed by atoms with Crippen LogP contribution in [-0.4, -0.2) is 13.2 Å². The van der Waals surface area contributed by atoms with Crippen LogP contribution < -0.4 is 0 Å². The second-order valence-electron chi connectivity index (χ2n) is 7.63. The molecular weight excluding hydrogens is 348 g/mol. The minimum absolute atomic E-state index is 0.476. The van der Waals surface area contributed by atoms with Crippen molar-refractivity contribution in [1.82, 2.24) is 0 Å². The maximum Gasteiger partial charge on any atom is 0.0855 e. The topological polar surface area (TPSA) is 55.4 Å². The third-order valence-electron chi connectivity index (χ3n) is 5.13. The Morgan fingerprint density at radius 3 is 0.704 bits per heavy atom. The second kappa shape index (κ2) is 22.1. The summed E-state index contributed by atoms with van der Waals surface area (Å²) in [5.41, 5.74) is 0. The van der Waals surface area contributed by atoms with E-state index in [1.807, 2.05) is 0 Å². The highest BCUT2D eigenvalue weighted by molar-refractivity contribution is 4.50. The Morgan fingerprint density at radius 2 is 0.444 bits per heavy atom. The first kappa shape index (κ1) is 24.8. The van der Waals surface area contributed by atoms with Crippen LogP contribution in [-0.2, 0) is 29.9 Å². The molecule has 1 saturated heterocycles. The molecule has 1 aliphatic rings. The molecule has 27 heavy (non-hydrogen) atoms. The minimum Gasteiger partial charge on any atom is -0.204 e. The molecule has 0 bridgehead atoms. The lowest BCUT2D eigenvalue weighted by molar-refractivity contribution is -0.756. The lowest BCUT2D eigenvalue weighted by atomic mass is 10.0. The zero-order chi connectivity index (χ0) is 19.1. The van der Waals surface area contributed by atoms with Gasteiger partial charge in [-0.25, -0.2) is 9.78 Å². The van der Waals surface area contributed by atoms with Gasteiger partial charge in [-0.05, 0) is 33.0 Å². The first-order chi connectivity index (χ1) is 13.5. The fraction of sp³-hybridized carbons (Fsp3) is 1.00. The predicted molar refractivity (Wildman–Crippen MR) is 104 cm³/mol. The standard InChI is InChI=1S/C21H42O6/c1-2-4-6-8-10-12-14-16-18-20-22-24-26-27-25-23-21-19-17-15-13-11-9-7-5-3-1/h1-21H2. The lowest BCUT2D eigenvalue weighted by Crippen LogP contribution is -2.03. The summed E-state index contributed by atoms with van der Waals surface area (Å²) in [5.74, 6) is 0. The van der Waals surface area contributed by atoms with E-state index in [0.29, 0.717) is 13.2 Å². The van der Waals surface area contributed by atoms with Crippen molar-refractivity contribution in [3.63, 3.8) is 0 Å². The van der Waals surface area contributed by atoms with Crippen LogP contribution >= 0.6 is 0 Å². The Hall–Kier alpha value is -0.240. The van der Waals surface area contributed by atoms with Gasteiger partial charge < -0.3 is 0 Å². The summed E-state index contributed by atoms with van der Waals surface area (Å²) in [6.45, 7) is 0.953. The monoisotopic (exact) mass is 390 g/mol. The summed E-state index contributed by atoms with van der Waals surface area (Å²) in [6.07, 6.45) is 24.7. The molecule has 0 atom stereocenters. The molecule has 6 nitrogen and oxygen atoms in total. The Morgan fingerprint density at radius 1 is 0.222 bits per heavy atom. The Labute approximate surface area is 165 Å². The molecule has 0 aromatic rings. The molecule has 0 aliphatic carbocycles. The van der Waals surface area contributed by atoms with Gasteiger partial charge in [0.25, 0.3) is 0 Å². The molecule has 1 aliphatic heterocycles. The Kier molecular flexibility index (Phi) is 20.3. The minimum atomic E-state index is 0.476. The third-order valence-corrected chi connectivity index (χ3v) is 5.13. The molecule has 162 valence electrons. The van der Waals surface area contributed by atoms with Crippen molar-refractivity contribution >= 4 is 0 Å². The van der Waals surface area contributed by atoms with Gasteiger partial charge in [0.1, 0.15) is 0 Å². The third kappa shape index (κ3) is 20.3. The van der Waals surface area contributed by atoms with E-state index >= 15 is 0 Å². The Balaban J connectivity index is 2.00. The summed E-state index contributed by atoms with van der Waals surface area (Å²) in [6, 6.07) is 0. The summed E-state index contributed by atoms with van der Waals surface area (Å²) < 4.78 is 0. The van der Waals surface area contributed by atoms with Crippen molar-refractivity contribution in [3.8, 4) is 0 Å². The smallest absolute Gasteiger partial charge is 0.0855 e. The van der Waals surface area contributed by atoms with Gasteiger partial charge in [0.15, 0.2) is 0 Å². The highest BCUT2D eigenvalue weighted by atomic mass is 17.8. The van der Waals surface area contributed by atoms with Crippen molar-refractivity contribution in [2.24, 2.45) is 0 Å². The van der Waals surface area contributed by atoms with E-state index in [-0.39, 0.29) is 0 Å². The highest BCUT2D eigenvalue weighted by Gasteiger charge is 1.98. The van der Waals surface area contributed by atoms with E-state index in [4.69, 9.17) is 9.78 Å². The van der Waals surface area contributed by atoms with Gasteiger partial charge in [0, 0.05) is 0 Å². The van der Waals surface area contributed by atoms with Crippen LogP contribution in [0.3, 0.4) is 0 Å². The van der Waals surface area contributed by atoms with Crippen LogP contribution in [0.15, 0.2) is 0 Å². The van der Waals surface area contributed by atoms with E-state index in [2.05, 4.69) is 20.2 Å². The van der Waals surface area contributed by atoms with Crippen LogP contribution in [0.4, 0.5) is 0 Å². The van der Waals surface area contributed by atoms with Gasteiger partial charge in [0.2, 0.25) is 0 Å². The zero-order valence-electron chi connectivity index (χ0n) is 17.3. The van der Waals surface area contributed by atoms with Gasteiger partial charge in [0.05, 0.1) is 13.2 Å². The van der Waals surface area contributed by atoms with Crippen molar-refractivity contribution in [2.75, 3.05) is 13.2 Å². The fourth-order valence-electron chi connectivity index (χ4n) is 3.46. The largest absolute Gasteiger partial charge is 0.204 e. The summed E-state index contributed by atoms with van der Waals surface area (Å²) in [5, 5.41) is 17.2. The van der Waals surface area contributed by atoms with Crippen LogP contribution in [0.25, 0.3) is 0 Å². The van der Waals surface area contributed by atoms with Crippen molar-refractivity contribution < 1.29 is 29.9 Å². The van der Waals surface area contributed by atoms with E-state index in [1.165, 1.54) is 96.3 Å². The molecule has 0 saturated carbocycles. The van der Waals surface area contributed by atoms with Gasteiger partial charge in [-0.1, -0.05) is 109 Å². The van der Waals surface area contributed by atoms with Crippen molar-refractivity contribution in [2.45, 2.75) is 122 Å². The molecule has 1 heterocycles. The summed E-state index contributed by atoms with van der Waals surface area (Å²) in [7, 11) is 0. The number of rotatable bonds is 0. The molecule has 0 radical (unpaired) electrons. The predicted octanol–water partition coefficient (Wildman–Crippen LogP) is 7.09. The van der Waals surface area contributed by atoms with Crippen molar-refractivity contribution in [1.29, 1.82) is 0 Å². The molecule has 6 heteroatoms. The number of hydrogen-bond acceptors (Lipinski definition) is 6. The molecule has 0 aromatic carbocycles. The maximum absolute atomic E-state index is 4.82. The highest BCUT2D eigenvalue weighted by Crippen LogP contribution is 2.14. The SMILES string of the molecule is C1CCCCCCCCCCOOOOOOCCCCCCCCCC1. The van der Waals surface area contributed by atoms with Crippen LogP contribution in [0, 0.1) is 0 Å². The average Bonchev–Trinajstić information content (AvgIpc) is 2.68. The van der Waals surface area contributed by atoms with Crippen LogP contribution in [0.5, 0.6) is 0 Å². The molecule has 0 N–H and O–H groups in total. The van der Waals surface area contributed by atoms with E-state index in [1.54, 1.807) is 0 Å². The molecule has 0 spiro atoms. The van der Waals surface area contributed by atoms with Gasteiger partial charge in [-0.15, -0.1) is 0 Å². The first-order valence-corrected chi connectivity index (χ1v) is 11.4. The van der Waals surface area contributed by atoms with Gasteiger partial charge in [-0.2, -0.15) is 0 Å². The van der Waals surface area contributed by atoms with Crippen molar-refractivity contribution in [3.05, 3.63) is 0 Å². The quantitative estimate of drug-likeness (QED) is 0.412. The summed E-state index contributed by atoms with van der Waals surface area (Å²) in [4.78, 5) is 9.64. The maximum atomic E-state index is 4.82. The molecule has 1 rings (SSSR count). The van der Waals surface area contributed by atoms with E-state index in [9.17, 15) is 0 Å². The molecule has 1 fully saturated rings. The Bertz CT molecular complexity index is 149. The normalized spacial score (nSPS) is 24.0. The van der Waals surface area contributed by atoms with E-state index in [0.717, 1.165) is 25.7 Å². The lowest BCUT2D eigenvalue weighted by Gasteiger charge is -2.04. The van der Waals surface area contributed by atoms with Crippen LogP contribution in [0.2, 0.25) is 0 Å². The first-order valence-electron chi connectivity index (χ1n) is 11.4. The fourth-order valence-corrected chi connectivity index (χ4v) is 3.46. The van der Waals surface area contributed by atoms with E-state index < -0.39 is 0 Å². The average molecular weight is 391 g/mol. The zero-order valence-corrected chi connectivity index (χ0v) is 17.3. The molecule has 0 unspecified atom stereocenters. The second-order valence-corrected chi connectivity index (χ2v) is 7.63. The van der Waals surface area contributed by atoms with Crippen LogP contribution in [0.1, 0.15) is 122 Å². The van der Waals surface area contributed by atoms with Gasteiger partial charge in [-0.3, -0.25) is 0 Å².